The van der Waals surface area contributed by atoms with Crippen LogP contribution < -0.4 is 5.32 Å². The van der Waals surface area contributed by atoms with Gasteiger partial charge in [0.15, 0.2) is 0 Å². The molecule has 4 heteroatoms. The van der Waals surface area contributed by atoms with Crippen molar-refractivity contribution in [3.8, 4) is 0 Å². The normalized spacial score (nSPS) is 13.6. The molecular formula is C17H18FNO2. The van der Waals surface area contributed by atoms with Gasteiger partial charge in [-0.3, -0.25) is 5.32 Å². The van der Waals surface area contributed by atoms with Crippen molar-refractivity contribution >= 4 is 5.97 Å². The summed E-state index contributed by atoms with van der Waals surface area (Å²) in [6, 6.07) is 15.5. The van der Waals surface area contributed by atoms with Crippen LogP contribution in [0, 0.1) is 5.82 Å². The summed E-state index contributed by atoms with van der Waals surface area (Å²) in [6.07, 6.45) is 0.246. The Kier molecular flexibility index (Phi) is 4.70. The molecule has 0 saturated carbocycles. The summed E-state index contributed by atoms with van der Waals surface area (Å²) in [5.74, 6) is -1.59. The molecule has 0 saturated heterocycles. The minimum Gasteiger partial charge on any atom is -0.480 e. The summed E-state index contributed by atoms with van der Waals surface area (Å²) in [6.45, 7) is 2.09. The average Bonchev–Trinajstić information content (AvgIpc) is 2.50. The van der Waals surface area contributed by atoms with E-state index in [1.54, 1.807) is 19.1 Å². The molecule has 2 rings (SSSR count). The zero-order valence-corrected chi connectivity index (χ0v) is 11.8. The molecule has 0 aliphatic rings. The van der Waals surface area contributed by atoms with E-state index >= 15 is 0 Å². The van der Waals surface area contributed by atoms with Crippen LogP contribution >= 0.6 is 0 Å². The fourth-order valence-corrected chi connectivity index (χ4v) is 2.41. The zero-order valence-electron chi connectivity index (χ0n) is 11.8. The molecule has 110 valence electrons. The number of nitrogens with one attached hydrogen (secondary N) is 1. The second kappa shape index (κ2) is 6.50. The number of carbonyl (C=O) groups is 1. The van der Waals surface area contributed by atoms with E-state index in [0.29, 0.717) is 6.54 Å². The maximum Gasteiger partial charge on any atom is 0.328 e. The van der Waals surface area contributed by atoms with Gasteiger partial charge in [0.25, 0.3) is 0 Å². The fraction of sp³-hybridized carbons (Fsp3) is 0.235. The van der Waals surface area contributed by atoms with Gasteiger partial charge in [-0.05, 0) is 18.1 Å². The third-order valence-electron chi connectivity index (χ3n) is 3.67. The van der Waals surface area contributed by atoms with Crippen LogP contribution in [-0.2, 0) is 16.9 Å². The molecule has 0 aromatic heterocycles. The van der Waals surface area contributed by atoms with E-state index in [2.05, 4.69) is 5.32 Å². The van der Waals surface area contributed by atoms with Gasteiger partial charge in [0.1, 0.15) is 11.4 Å². The van der Waals surface area contributed by atoms with Gasteiger partial charge in [-0.25, -0.2) is 9.18 Å². The van der Waals surface area contributed by atoms with Crippen LogP contribution in [0.5, 0.6) is 0 Å². The van der Waals surface area contributed by atoms with E-state index in [0.717, 1.165) is 5.56 Å². The molecule has 21 heavy (non-hydrogen) atoms. The Balaban J connectivity index is 2.34. The Morgan fingerprint density at radius 2 is 1.76 bits per heavy atom. The van der Waals surface area contributed by atoms with E-state index in [9.17, 15) is 14.3 Å². The summed E-state index contributed by atoms with van der Waals surface area (Å²) in [5.41, 5.74) is -0.315. The van der Waals surface area contributed by atoms with Gasteiger partial charge < -0.3 is 5.11 Å². The Bertz CT molecular complexity index is 615. The summed E-state index contributed by atoms with van der Waals surface area (Å²) in [4.78, 5) is 11.8. The summed E-state index contributed by atoms with van der Waals surface area (Å²) in [5, 5.41) is 12.7. The molecule has 2 N–H and O–H groups in total. The lowest BCUT2D eigenvalue weighted by Gasteiger charge is -2.30. The molecule has 0 amide bonds. The van der Waals surface area contributed by atoms with Gasteiger partial charge in [-0.1, -0.05) is 55.5 Å². The first kappa shape index (κ1) is 15.2. The molecule has 0 radical (unpaired) electrons. The zero-order chi connectivity index (χ0) is 15.3. The van der Waals surface area contributed by atoms with E-state index in [4.69, 9.17) is 0 Å². The Labute approximate surface area is 123 Å². The highest BCUT2D eigenvalue weighted by Gasteiger charge is 2.40. The quantitative estimate of drug-likeness (QED) is 0.857. The third kappa shape index (κ3) is 3.11. The number of carboxylic acids is 1. The van der Waals surface area contributed by atoms with Crippen molar-refractivity contribution in [2.24, 2.45) is 0 Å². The molecule has 0 aliphatic heterocycles. The predicted molar refractivity (Wildman–Crippen MR) is 79.3 cm³/mol. The number of hydrogen-bond acceptors (Lipinski definition) is 2. The predicted octanol–water partition coefficient (Wildman–Crippen LogP) is 3.31. The molecular weight excluding hydrogens is 269 g/mol. The number of rotatable bonds is 6. The van der Waals surface area contributed by atoms with Gasteiger partial charge in [0.2, 0.25) is 0 Å². The molecule has 2 aromatic rings. The SMILES string of the molecule is CCC(NCc1ccccc1)(C(=O)O)c1ccccc1F. The highest BCUT2D eigenvalue weighted by atomic mass is 19.1. The molecule has 2 aromatic carbocycles. The average molecular weight is 287 g/mol. The van der Waals surface area contributed by atoms with Gasteiger partial charge in [0.05, 0.1) is 0 Å². The Morgan fingerprint density at radius 1 is 1.14 bits per heavy atom. The first-order valence-electron chi connectivity index (χ1n) is 6.87. The van der Waals surface area contributed by atoms with E-state index < -0.39 is 17.3 Å². The summed E-state index contributed by atoms with van der Waals surface area (Å²) >= 11 is 0. The van der Waals surface area contributed by atoms with E-state index in [-0.39, 0.29) is 12.0 Å². The number of benzene rings is 2. The number of halogens is 1. The van der Waals surface area contributed by atoms with Gasteiger partial charge in [-0.15, -0.1) is 0 Å². The lowest BCUT2D eigenvalue weighted by Crippen LogP contribution is -2.49. The van der Waals surface area contributed by atoms with Crippen molar-refractivity contribution in [3.63, 3.8) is 0 Å². The highest BCUT2D eigenvalue weighted by Crippen LogP contribution is 2.28. The lowest BCUT2D eigenvalue weighted by atomic mass is 9.86. The second-order valence-electron chi connectivity index (χ2n) is 4.88. The van der Waals surface area contributed by atoms with Crippen LogP contribution in [0.3, 0.4) is 0 Å². The smallest absolute Gasteiger partial charge is 0.328 e. The van der Waals surface area contributed by atoms with Gasteiger partial charge >= 0.3 is 5.97 Å². The number of carboxylic acid groups (broad SMARTS) is 1. The molecule has 1 atom stereocenters. The van der Waals surface area contributed by atoms with Crippen LogP contribution in [0.15, 0.2) is 54.6 Å². The molecule has 0 fully saturated rings. The number of hydrogen-bond donors (Lipinski definition) is 2. The van der Waals surface area contributed by atoms with E-state index in [1.165, 1.54) is 12.1 Å². The maximum absolute atomic E-state index is 14.1. The van der Waals surface area contributed by atoms with Crippen molar-refractivity contribution in [1.29, 1.82) is 0 Å². The van der Waals surface area contributed by atoms with Crippen LogP contribution in [-0.4, -0.2) is 11.1 Å². The van der Waals surface area contributed by atoms with Crippen molar-refractivity contribution in [3.05, 3.63) is 71.5 Å². The van der Waals surface area contributed by atoms with Gasteiger partial charge in [0, 0.05) is 12.1 Å². The van der Waals surface area contributed by atoms with Crippen LogP contribution in [0.1, 0.15) is 24.5 Å². The molecule has 0 bridgehead atoms. The fourth-order valence-electron chi connectivity index (χ4n) is 2.41. The molecule has 1 unspecified atom stereocenters. The van der Waals surface area contributed by atoms with Crippen molar-refractivity contribution in [1.82, 2.24) is 5.32 Å². The largest absolute Gasteiger partial charge is 0.480 e. The van der Waals surface area contributed by atoms with Crippen LogP contribution in [0.2, 0.25) is 0 Å². The van der Waals surface area contributed by atoms with Crippen LogP contribution in [0.4, 0.5) is 4.39 Å². The maximum atomic E-state index is 14.1. The van der Waals surface area contributed by atoms with Crippen molar-refractivity contribution in [2.45, 2.75) is 25.4 Å². The topological polar surface area (TPSA) is 49.3 Å². The van der Waals surface area contributed by atoms with Crippen molar-refractivity contribution in [2.75, 3.05) is 0 Å². The van der Waals surface area contributed by atoms with Crippen LogP contribution in [0.25, 0.3) is 0 Å². The standard InChI is InChI=1S/C17H18FNO2/c1-2-17(16(20)21,14-10-6-7-11-15(14)18)19-12-13-8-4-3-5-9-13/h3-11,19H,2,12H2,1H3,(H,20,21). The molecule has 0 heterocycles. The first-order chi connectivity index (χ1) is 10.1. The molecule has 0 spiro atoms. The minimum atomic E-state index is -1.43. The Morgan fingerprint density at radius 3 is 2.33 bits per heavy atom. The van der Waals surface area contributed by atoms with Crippen molar-refractivity contribution < 1.29 is 14.3 Å². The van der Waals surface area contributed by atoms with E-state index in [1.807, 2.05) is 30.3 Å². The number of aliphatic carboxylic acids is 1. The molecule has 3 nitrogen and oxygen atoms in total. The monoisotopic (exact) mass is 287 g/mol. The highest BCUT2D eigenvalue weighted by molar-refractivity contribution is 5.80. The Hall–Kier alpha value is -2.20. The summed E-state index contributed by atoms with van der Waals surface area (Å²) in [7, 11) is 0. The first-order valence-corrected chi connectivity index (χ1v) is 6.87. The minimum absolute atomic E-state index is 0.163. The summed E-state index contributed by atoms with van der Waals surface area (Å²) < 4.78 is 14.1. The van der Waals surface area contributed by atoms with Gasteiger partial charge in [-0.2, -0.15) is 0 Å². The molecule has 0 aliphatic carbocycles. The third-order valence-corrected chi connectivity index (χ3v) is 3.67. The second-order valence-corrected chi connectivity index (χ2v) is 4.88. The lowest BCUT2D eigenvalue weighted by molar-refractivity contribution is -0.145.